The Labute approximate surface area is 100.0 Å². The summed E-state index contributed by atoms with van der Waals surface area (Å²) < 4.78 is 10.7. The summed E-state index contributed by atoms with van der Waals surface area (Å²) in [6.45, 7) is 1.65. The van der Waals surface area contributed by atoms with Crippen LogP contribution >= 0.6 is 0 Å². The minimum Gasteiger partial charge on any atom is -0.497 e. The fourth-order valence-electron chi connectivity index (χ4n) is 2.29. The standard InChI is InChI=1S/C13H16N2O2/c1-16-10-4-5-11-12(7-10)15-13(14-11)9-3-2-6-17-8-9/h4-5,7,9H,2-3,6,8H2,1H3,(H,14,15). The lowest BCUT2D eigenvalue weighted by Crippen LogP contribution is -2.16. The molecule has 2 aromatic rings. The van der Waals surface area contributed by atoms with Crippen LogP contribution < -0.4 is 4.74 Å². The molecule has 1 aliphatic heterocycles. The lowest BCUT2D eigenvalue weighted by molar-refractivity contribution is 0.0784. The molecule has 1 fully saturated rings. The summed E-state index contributed by atoms with van der Waals surface area (Å²) in [5.74, 6) is 2.29. The lowest BCUT2D eigenvalue weighted by atomic mass is 10.0. The first-order chi connectivity index (χ1) is 8.36. The number of ether oxygens (including phenoxy) is 2. The predicted octanol–water partition coefficient (Wildman–Crippen LogP) is 2.47. The quantitative estimate of drug-likeness (QED) is 0.865. The van der Waals surface area contributed by atoms with E-state index in [-0.39, 0.29) is 0 Å². The number of aromatic nitrogens is 2. The number of imidazole rings is 1. The van der Waals surface area contributed by atoms with E-state index in [1.807, 2.05) is 18.2 Å². The Morgan fingerprint density at radius 1 is 1.47 bits per heavy atom. The van der Waals surface area contributed by atoms with Gasteiger partial charge >= 0.3 is 0 Å². The summed E-state index contributed by atoms with van der Waals surface area (Å²) in [6.07, 6.45) is 2.27. The maximum atomic E-state index is 5.49. The van der Waals surface area contributed by atoms with E-state index >= 15 is 0 Å². The summed E-state index contributed by atoms with van der Waals surface area (Å²) in [6, 6.07) is 5.90. The number of methoxy groups -OCH3 is 1. The first kappa shape index (κ1) is 10.6. The molecule has 90 valence electrons. The van der Waals surface area contributed by atoms with Crippen molar-refractivity contribution >= 4 is 11.0 Å². The van der Waals surface area contributed by atoms with E-state index in [1.165, 1.54) is 0 Å². The van der Waals surface area contributed by atoms with Gasteiger partial charge in [0.15, 0.2) is 0 Å². The smallest absolute Gasteiger partial charge is 0.121 e. The highest BCUT2D eigenvalue weighted by Crippen LogP contribution is 2.26. The molecule has 0 radical (unpaired) electrons. The zero-order valence-electron chi connectivity index (χ0n) is 9.90. The van der Waals surface area contributed by atoms with E-state index in [0.29, 0.717) is 5.92 Å². The predicted molar refractivity (Wildman–Crippen MR) is 65.4 cm³/mol. The first-order valence-corrected chi connectivity index (χ1v) is 5.98. The molecule has 0 bridgehead atoms. The highest BCUT2D eigenvalue weighted by atomic mass is 16.5. The summed E-state index contributed by atoms with van der Waals surface area (Å²) in [5.41, 5.74) is 2.02. The molecule has 3 rings (SSSR count). The van der Waals surface area contributed by atoms with Gasteiger partial charge in [0.2, 0.25) is 0 Å². The maximum absolute atomic E-state index is 5.49. The van der Waals surface area contributed by atoms with Crippen molar-refractivity contribution in [2.24, 2.45) is 0 Å². The van der Waals surface area contributed by atoms with E-state index in [4.69, 9.17) is 9.47 Å². The molecule has 17 heavy (non-hydrogen) atoms. The van der Waals surface area contributed by atoms with Crippen molar-refractivity contribution < 1.29 is 9.47 Å². The molecule has 1 atom stereocenters. The zero-order chi connectivity index (χ0) is 11.7. The normalized spacial score (nSPS) is 20.6. The Morgan fingerprint density at radius 3 is 3.18 bits per heavy atom. The van der Waals surface area contributed by atoms with E-state index < -0.39 is 0 Å². The number of hydrogen-bond acceptors (Lipinski definition) is 3. The molecule has 0 aliphatic carbocycles. The second-order valence-electron chi connectivity index (χ2n) is 4.42. The summed E-state index contributed by atoms with van der Waals surface area (Å²) in [4.78, 5) is 7.99. The first-order valence-electron chi connectivity index (χ1n) is 5.98. The molecule has 0 spiro atoms. The van der Waals surface area contributed by atoms with Crippen LogP contribution in [0.1, 0.15) is 24.6 Å². The molecular weight excluding hydrogens is 216 g/mol. The topological polar surface area (TPSA) is 47.1 Å². The van der Waals surface area contributed by atoms with Crippen LogP contribution in [0.25, 0.3) is 11.0 Å². The van der Waals surface area contributed by atoms with Gasteiger partial charge in [-0.3, -0.25) is 0 Å². The summed E-state index contributed by atoms with van der Waals surface area (Å²) >= 11 is 0. The van der Waals surface area contributed by atoms with Gasteiger partial charge in [0.05, 0.1) is 24.8 Å². The third-order valence-electron chi connectivity index (χ3n) is 3.25. The molecule has 1 unspecified atom stereocenters. The van der Waals surface area contributed by atoms with Crippen LogP contribution in [0.4, 0.5) is 0 Å². The summed E-state index contributed by atoms with van der Waals surface area (Å²) in [5, 5.41) is 0. The van der Waals surface area contributed by atoms with Gasteiger partial charge < -0.3 is 14.5 Å². The van der Waals surface area contributed by atoms with Gasteiger partial charge in [-0.25, -0.2) is 4.98 Å². The van der Waals surface area contributed by atoms with E-state index in [0.717, 1.165) is 48.7 Å². The van der Waals surface area contributed by atoms with Crippen molar-refractivity contribution in [1.29, 1.82) is 0 Å². The maximum Gasteiger partial charge on any atom is 0.121 e. The second-order valence-corrected chi connectivity index (χ2v) is 4.42. The summed E-state index contributed by atoms with van der Waals surface area (Å²) in [7, 11) is 1.67. The minimum absolute atomic E-state index is 0.405. The third kappa shape index (κ3) is 2.00. The van der Waals surface area contributed by atoms with E-state index in [1.54, 1.807) is 7.11 Å². The molecule has 4 nitrogen and oxygen atoms in total. The molecule has 0 saturated carbocycles. The number of aromatic amines is 1. The van der Waals surface area contributed by atoms with Crippen LogP contribution in [-0.2, 0) is 4.74 Å². The zero-order valence-corrected chi connectivity index (χ0v) is 9.90. The minimum atomic E-state index is 0.405. The van der Waals surface area contributed by atoms with Crippen molar-refractivity contribution in [3.8, 4) is 5.75 Å². The van der Waals surface area contributed by atoms with Gasteiger partial charge in [-0.1, -0.05) is 0 Å². The van der Waals surface area contributed by atoms with Crippen molar-refractivity contribution in [3.05, 3.63) is 24.0 Å². The largest absolute Gasteiger partial charge is 0.497 e. The number of H-pyrrole nitrogens is 1. The van der Waals surface area contributed by atoms with Gasteiger partial charge in [-0.05, 0) is 25.0 Å². The van der Waals surface area contributed by atoms with Gasteiger partial charge in [-0.2, -0.15) is 0 Å². The van der Waals surface area contributed by atoms with Gasteiger partial charge in [0.1, 0.15) is 11.6 Å². The van der Waals surface area contributed by atoms with Crippen molar-refractivity contribution in [2.45, 2.75) is 18.8 Å². The van der Waals surface area contributed by atoms with Crippen LogP contribution in [0.5, 0.6) is 5.75 Å². The second kappa shape index (κ2) is 4.37. The monoisotopic (exact) mass is 232 g/mol. The van der Waals surface area contributed by atoms with Crippen LogP contribution in [0.2, 0.25) is 0 Å². The Bertz CT molecular complexity index is 515. The SMILES string of the molecule is COc1ccc2nc(C3CCCOC3)[nH]c2c1. The van der Waals surface area contributed by atoms with Crippen molar-refractivity contribution in [1.82, 2.24) is 9.97 Å². The third-order valence-corrected chi connectivity index (χ3v) is 3.25. The number of rotatable bonds is 2. The number of nitrogens with one attached hydrogen (secondary N) is 1. The van der Waals surface area contributed by atoms with Crippen LogP contribution in [0.15, 0.2) is 18.2 Å². The number of nitrogens with zero attached hydrogens (tertiary/aromatic N) is 1. The average Bonchev–Trinajstić information content (AvgIpc) is 2.82. The lowest BCUT2D eigenvalue weighted by Gasteiger charge is -2.19. The van der Waals surface area contributed by atoms with Crippen molar-refractivity contribution in [3.63, 3.8) is 0 Å². The van der Waals surface area contributed by atoms with Crippen LogP contribution in [-0.4, -0.2) is 30.3 Å². The molecule has 1 aromatic carbocycles. The van der Waals surface area contributed by atoms with Gasteiger partial charge in [-0.15, -0.1) is 0 Å². The molecule has 1 aromatic heterocycles. The number of fused-ring (bicyclic) bond motifs is 1. The van der Waals surface area contributed by atoms with Gasteiger partial charge in [0, 0.05) is 18.6 Å². The fraction of sp³-hybridized carbons (Fsp3) is 0.462. The molecule has 2 heterocycles. The number of benzene rings is 1. The Hall–Kier alpha value is -1.55. The van der Waals surface area contributed by atoms with E-state index in [2.05, 4.69) is 9.97 Å². The van der Waals surface area contributed by atoms with E-state index in [9.17, 15) is 0 Å². The number of hydrogen-bond donors (Lipinski definition) is 1. The van der Waals surface area contributed by atoms with Crippen LogP contribution in [0.3, 0.4) is 0 Å². The molecule has 0 amide bonds. The fourth-order valence-corrected chi connectivity index (χ4v) is 2.29. The molecule has 1 saturated heterocycles. The average molecular weight is 232 g/mol. The highest BCUT2D eigenvalue weighted by Gasteiger charge is 2.19. The molecule has 1 aliphatic rings. The Morgan fingerprint density at radius 2 is 2.41 bits per heavy atom. The Kier molecular flexibility index (Phi) is 2.73. The highest BCUT2D eigenvalue weighted by molar-refractivity contribution is 5.76. The molecule has 4 heteroatoms. The van der Waals surface area contributed by atoms with Gasteiger partial charge in [0.25, 0.3) is 0 Å². The van der Waals surface area contributed by atoms with Crippen molar-refractivity contribution in [2.75, 3.05) is 20.3 Å². The van der Waals surface area contributed by atoms with Crippen LogP contribution in [0, 0.1) is 0 Å². The molecule has 1 N–H and O–H groups in total. The Balaban J connectivity index is 1.95. The molecular formula is C13H16N2O2.